The van der Waals surface area contributed by atoms with E-state index in [2.05, 4.69) is 17.4 Å². The monoisotopic (exact) mass is 362 g/mol. The highest BCUT2D eigenvalue weighted by Crippen LogP contribution is 2.43. The van der Waals surface area contributed by atoms with Crippen LogP contribution in [0.4, 0.5) is 10.8 Å². The highest BCUT2D eigenvalue weighted by Gasteiger charge is 2.23. The molecule has 0 aliphatic heterocycles. The van der Waals surface area contributed by atoms with Crippen molar-refractivity contribution in [1.82, 2.24) is 4.98 Å². The Hall–Kier alpha value is -1.75. The molecule has 0 atom stereocenters. The van der Waals surface area contributed by atoms with Crippen molar-refractivity contribution in [3.8, 4) is 17.0 Å². The van der Waals surface area contributed by atoms with Crippen molar-refractivity contribution >= 4 is 45.4 Å². The maximum Gasteiger partial charge on any atom is 0.187 e. The summed E-state index contributed by atoms with van der Waals surface area (Å²) in [7, 11) is 1.68. The van der Waals surface area contributed by atoms with Gasteiger partial charge in [-0.15, -0.1) is 11.3 Å². The van der Waals surface area contributed by atoms with Crippen molar-refractivity contribution in [3.63, 3.8) is 0 Å². The summed E-state index contributed by atoms with van der Waals surface area (Å²) in [6.45, 7) is 0. The molecule has 1 heterocycles. The van der Waals surface area contributed by atoms with Gasteiger partial charge in [0, 0.05) is 22.5 Å². The van der Waals surface area contributed by atoms with Gasteiger partial charge in [-0.25, -0.2) is 4.98 Å². The Labute approximate surface area is 147 Å². The van der Waals surface area contributed by atoms with Gasteiger partial charge in [-0.3, -0.25) is 0 Å². The maximum absolute atomic E-state index is 6.05. The number of nitrogens with one attached hydrogen (secondary N) is 1. The Morgan fingerprint density at radius 3 is 2.78 bits per heavy atom. The van der Waals surface area contributed by atoms with E-state index in [-0.39, 0.29) is 0 Å². The van der Waals surface area contributed by atoms with Gasteiger partial charge in [0.1, 0.15) is 5.75 Å². The van der Waals surface area contributed by atoms with E-state index in [0.29, 0.717) is 10.0 Å². The van der Waals surface area contributed by atoms with Crippen LogP contribution in [0.1, 0.15) is 10.4 Å². The van der Waals surface area contributed by atoms with Crippen molar-refractivity contribution < 1.29 is 4.74 Å². The van der Waals surface area contributed by atoms with Crippen LogP contribution in [0.3, 0.4) is 0 Å². The third kappa shape index (κ3) is 2.67. The lowest BCUT2D eigenvalue weighted by Crippen LogP contribution is -1.90. The number of nitrogens with zero attached hydrogens (tertiary/aromatic N) is 1. The number of hydrogen-bond donors (Lipinski definition) is 1. The number of methoxy groups -OCH3 is 1. The van der Waals surface area contributed by atoms with Gasteiger partial charge in [-0.05, 0) is 42.0 Å². The lowest BCUT2D eigenvalue weighted by molar-refractivity contribution is 0.414. The minimum atomic E-state index is 0.526. The van der Waals surface area contributed by atoms with Crippen LogP contribution in [-0.2, 0) is 6.42 Å². The first-order valence-electron chi connectivity index (χ1n) is 7.03. The first kappa shape index (κ1) is 14.8. The largest absolute Gasteiger partial charge is 0.497 e. The summed E-state index contributed by atoms with van der Waals surface area (Å²) in [6, 6.07) is 11.6. The SMILES string of the molecule is COc1ccc2c(c1)Cc1sc(Nc3ccc(Cl)c(Cl)c3)nc1-2. The van der Waals surface area contributed by atoms with Crippen LogP contribution in [0.15, 0.2) is 36.4 Å². The smallest absolute Gasteiger partial charge is 0.187 e. The first-order valence-corrected chi connectivity index (χ1v) is 8.60. The van der Waals surface area contributed by atoms with Gasteiger partial charge in [0.15, 0.2) is 5.13 Å². The molecule has 0 spiro atoms. The summed E-state index contributed by atoms with van der Waals surface area (Å²) in [6.07, 6.45) is 0.891. The van der Waals surface area contributed by atoms with Crippen molar-refractivity contribution in [1.29, 1.82) is 0 Å². The molecule has 4 rings (SSSR count). The maximum atomic E-state index is 6.05. The lowest BCUT2D eigenvalue weighted by Gasteiger charge is -2.05. The molecule has 116 valence electrons. The van der Waals surface area contributed by atoms with Crippen LogP contribution in [0, 0.1) is 0 Å². The summed E-state index contributed by atoms with van der Waals surface area (Å²) >= 11 is 13.6. The standard InChI is InChI=1S/C17H12Cl2N2OS/c1-22-11-3-4-12-9(6-11)7-15-16(12)21-17(23-15)20-10-2-5-13(18)14(19)8-10/h2-6,8H,7H2,1H3,(H,20,21). The Morgan fingerprint density at radius 1 is 1.13 bits per heavy atom. The Kier molecular flexibility index (Phi) is 3.68. The van der Waals surface area contributed by atoms with E-state index in [0.717, 1.165) is 28.7 Å². The quantitative estimate of drug-likeness (QED) is 0.501. The highest BCUT2D eigenvalue weighted by atomic mass is 35.5. The topological polar surface area (TPSA) is 34.1 Å². The van der Waals surface area contributed by atoms with E-state index in [4.69, 9.17) is 32.9 Å². The Bertz CT molecular complexity index is 908. The molecule has 1 aromatic heterocycles. The van der Waals surface area contributed by atoms with Crippen LogP contribution in [0.5, 0.6) is 5.75 Å². The predicted molar refractivity (Wildman–Crippen MR) is 96.7 cm³/mol. The summed E-state index contributed by atoms with van der Waals surface area (Å²) in [5.41, 5.74) is 4.37. The lowest BCUT2D eigenvalue weighted by atomic mass is 10.1. The molecular formula is C17H12Cl2N2OS. The van der Waals surface area contributed by atoms with Crippen molar-refractivity contribution in [2.24, 2.45) is 0 Å². The molecule has 1 aliphatic carbocycles. The fourth-order valence-corrected chi connectivity index (χ4v) is 4.00. The number of hydrogen-bond acceptors (Lipinski definition) is 4. The molecule has 3 aromatic rings. The molecular weight excluding hydrogens is 351 g/mol. The second kappa shape index (κ2) is 5.71. The molecule has 1 N–H and O–H groups in total. The molecule has 0 unspecified atom stereocenters. The minimum Gasteiger partial charge on any atom is -0.497 e. The fourth-order valence-electron chi connectivity index (χ4n) is 2.68. The zero-order chi connectivity index (χ0) is 16.0. The number of benzene rings is 2. The second-order valence-corrected chi connectivity index (χ2v) is 7.14. The van der Waals surface area contributed by atoms with Crippen LogP contribution in [0.2, 0.25) is 10.0 Å². The van der Waals surface area contributed by atoms with Crippen molar-refractivity contribution in [2.45, 2.75) is 6.42 Å². The number of ether oxygens (including phenoxy) is 1. The normalized spacial score (nSPS) is 12.0. The molecule has 0 bridgehead atoms. The van der Waals surface area contributed by atoms with Gasteiger partial charge < -0.3 is 10.1 Å². The highest BCUT2D eigenvalue weighted by molar-refractivity contribution is 7.16. The van der Waals surface area contributed by atoms with Crippen molar-refractivity contribution in [2.75, 3.05) is 12.4 Å². The number of rotatable bonds is 3. The molecule has 1 aliphatic rings. The third-order valence-corrected chi connectivity index (χ3v) is 5.50. The Balaban J connectivity index is 1.63. The van der Waals surface area contributed by atoms with E-state index < -0.39 is 0 Å². The second-order valence-electron chi connectivity index (χ2n) is 5.24. The fraction of sp³-hybridized carbons (Fsp3) is 0.118. The van der Waals surface area contributed by atoms with E-state index >= 15 is 0 Å². The number of anilines is 2. The molecule has 3 nitrogen and oxygen atoms in total. The van der Waals surface area contributed by atoms with Gasteiger partial charge in [0.25, 0.3) is 0 Å². The predicted octanol–water partition coefficient (Wildman–Crippen LogP) is 5.77. The molecule has 6 heteroatoms. The number of aromatic nitrogens is 1. The van der Waals surface area contributed by atoms with Crippen LogP contribution in [-0.4, -0.2) is 12.1 Å². The molecule has 2 aromatic carbocycles. The van der Waals surface area contributed by atoms with E-state index in [1.54, 1.807) is 30.6 Å². The molecule has 0 fully saturated rings. The minimum absolute atomic E-state index is 0.526. The summed E-state index contributed by atoms with van der Waals surface area (Å²) in [5.74, 6) is 0.882. The first-order chi connectivity index (χ1) is 11.1. The molecule has 0 saturated heterocycles. The average molecular weight is 363 g/mol. The molecule has 0 saturated carbocycles. The summed E-state index contributed by atoms with van der Waals surface area (Å²) in [5, 5.41) is 5.22. The number of thiazole rings is 1. The van der Waals surface area contributed by atoms with Crippen LogP contribution in [0.25, 0.3) is 11.3 Å². The average Bonchev–Trinajstić information content (AvgIpc) is 3.07. The van der Waals surface area contributed by atoms with Crippen LogP contribution < -0.4 is 10.1 Å². The summed E-state index contributed by atoms with van der Waals surface area (Å²) in [4.78, 5) is 5.99. The zero-order valence-electron chi connectivity index (χ0n) is 12.2. The zero-order valence-corrected chi connectivity index (χ0v) is 14.5. The van der Waals surface area contributed by atoms with Crippen LogP contribution >= 0.6 is 34.5 Å². The van der Waals surface area contributed by atoms with Gasteiger partial charge >= 0.3 is 0 Å². The number of halogens is 2. The van der Waals surface area contributed by atoms with Crippen molar-refractivity contribution in [3.05, 3.63) is 56.9 Å². The van der Waals surface area contributed by atoms with Gasteiger partial charge in [0.05, 0.1) is 22.8 Å². The van der Waals surface area contributed by atoms with Gasteiger partial charge in [-0.1, -0.05) is 23.2 Å². The third-order valence-electron chi connectivity index (χ3n) is 3.79. The van der Waals surface area contributed by atoms with E-state index in [9.17, 15) is 0 Å². The van der Waals surface area contributed by atoms with E-state index in [1.807, 2.05) is 12.1 Å². The Morgan fingerprint density at radius 2 is 2.00 bits per heavy atom. The molecule has 0 amide bonds. The molecule has 23 heavy (non-hydrogen) atoms. The molecule has 0 radical (unpaired) electrons. The van der Waals surface area contributed by atoms with Gasteiger partial charge in [-0.2, -0.15) is 0 Å². The van der Waals surface area contributed by atoms with E-state index in [1.165, 1.54) is 16.0 Å². The summed E-state index contributed by atoms with van der Waals surface area (Å²) < 4.78 is 5.29. The number of fused-ring (bicyclic) bond motifs is 3. The van der Waals surface area contributed by atoms with Gasteiger partial charge in [0.2, 0.25) is 0 Å².